The fourth-order valence-corrected chi connectivity index (χ4v) is 6.94. The second kappa shape index (κ2) is 11.5. The van der Waals surface area contributed by atoms with E-state index in [4.69, 9.17) is 17.3 Å². The van der Waals surface area contributed by atoms with E-state index in [0.717, 1.165) is 36.4 Å². The van der Waals surface area contributed by atoms with Gasteiger partial charge in [-0.15, -0.1) is 24.9 Å². The highest BCUT2D eigenvalue weighted by Crippen LogP contribution is 2.45. The Morgan fingerprint density at radius 1 is 1.02 bits per heavy atom. The first kappa shape index (κ1) is 31.0. The molecule has 3 aromatic carbocycles. The number of hydrogen-bond donors (Lipinski definition) is 1. The van der Waals surface area contributed by atoms with E-state index in [1.807, 2.05) is 0 Å². The van der Waals surface area contributed by atoms with Crippen LogP contribution in [0.4, 0.5) is 30.7 Å². The number of thioether (sulfide) groups is 1. The van der Waals surface area contributed by atoms with Crippen molar-refractivity contribution in [1.29, 1.82) is 0 Å². The summed E-state index contributed by atoms with van der Waals surface area (Å²) in [7, 11) is 0. The van der Waals surface area contributed by atoms with Crippen LogP contribution in [-0.4, -0.2) is 16.7 Å². The number of nitrogens with two attached hydrogens (primary N) is 1. The Morgan fingerprint density at radius 2 is 1.72 bits per heavy atom. The zero-order valence-electron chi connectivity index (χ0n) is 22.2. The molecule has 0 aliphatic carbocycles. The molecule has 0 radical (unpaired) electrons. The summed E-state index contributed by atoms with van der Waals surface area (Å²) in [6.45, 7) is 1.44. The zero-order chi connectivity index (χ0) is 31.3. The molecule has 2 N–H and O–H groups in total. The Kier molecular flexibility index (Phi) is 8.32. The van der Waals surface area contributed by atoms with Crippen molar-refractivity contribution in [1.82, 2.24) is 4.57 Å². The second-order valence-electron chi connectivity index (χ2n) is 9.90. The summed E-state index contributed by atoms with van der Waals surface area (Å²) in [5, 5.41) is 0.190. The lowest BCUT2D eigenvalue weighted by atomic mass is 9.92. The molecule has 4 nitrogen and oxygen atoms in total. The van der Waals surface area contributed by atoms with Crippen LogP contribution in [0.3, 0.4) is 0 Å². The number of nitrogens with zero attached hydrogens (tertiary/aromatic N) is 1. The average Bonchev–Trinajstić information content (AvgIpc) is 3.37. The molecule has 1 aliphatic rings. The van der Waals surface area contributed by atoms with Gasteiger partial charge in [0.15, 0.2) is 0 Å². The highest BCUT2D eigenvalue weighted by Gasteiger charge is 2.38. The minimum Gasteiger partial charge on any atom is -0.406 e. The molecule has 0 amide bonds. The predicted octanol–water partition coefficient (Wildman–Crippen LogP) is 8.47. The third-order valence-electron chi connectivity index (χ3n) is 7.28. The van der Waals surface area contributed by atoms with E-state index in [1.54, 1.807) is 30.3 Å². The first-order chi connectivity index (χ1) is 20.2. The maximum atomic E-state index is 15.0. The van der Waals surface area contributed by atoms with Gasteiger partial charge in [-0.3, -0.25) is 9.36 Å². The van der Waals surface area contributed by atoms with Crippen molar-refractivity contribution in [3.05, 3.63) is 116 Å². The third kappa shape index (κ3) is 6.13. The molecule has 226 valence electrons. The maximum absolute atomic E-state index is 15.0. The van der Waals surface area contributed by atoms with E-state index in [1.165, 1.54) is 23.3 Å². The number of hydrogen-bond acceptors (Lipinski definition) is 4. The summed E-state index contributed by atoms with van der Waals surface area (Å²) in [4.78, 5) is 14.2. The van der Waals surface area contributed by atoms with Crippen LogP contribution in [0.1, 0.15) is 39.9 Å². The van der Waals surface area contributed by atoms with Gasteiger partial charge in [-0.05, 0) is 53.9 Å². The SMILES string of the molecule is Cc1c(Cc2c(F)cccc2C(F)(F)F)c2n(c(=O)c1-c1cc(OC(F)(F)F)ccc1Cl)C(C(N)c1ccccc1)CS2. The predicted molar refractivity (Wildman–Crippen MR) is 150 cm³/mol. The summed E-state index contributed by atoms with van der Waals surface area (Å²) < 4.78 is 101. The molecule has 2 unspecified atom stereocenters. The Hall–Kier alpha value is -3.48. The number of benzene rings is 3. The van der Waals surface area contributed by atoms with Gasteiger partial charge >= 0.3 is 12.5 Å². The van der Waals surface area contributed by atoms with E-state index in [9.17, 15) is 31.1 Å². The van der Waals surface area contributed by atoms with Crippen LogP contribution in [-0.2, 0) is 12.6 Å². The lowest BCUT2D eigenvalue weighted by Crippen LogP contribution is -2.33. The highest BCUT2D eigenvalue weighted by molar-refractivity contribution is 7.99. The van der Waals surface area contributed by atoms with Gasteiger partial charge in [-0.2, -0.15) is 13.2 Å². The Morgan fingerprint density at radius 3 is 2.37 bits per heavy atom. The van der Waals surface area contributed by atoms with E-state index < -0.39 is 59.3 Å². The van der Waals surface area contributed by atoms with Crippen molar-refractivity contribution in [3.63, 3.8) is 0 Å². The lowest BCUT2D eigenvalue weighted by molar-refractivity contribution is -0.274. The molecule has 1 aromatic heterocycles. The molecule has 2 heterocycles. The van der Waals surface area contributed by atoms with Crippen molar-refractivity contribution in [2.45, 2.75) is 43.0 Å². The van der Waals surface area contributed by atoms with Gasteiger partial charge in [-0.25, -0.2) is 4.39 Å². The summed E-state index contributed by atoms with van der Waals surface area (Å²) in [6, 6.07) is 13.1. The number of fused-ring (bicyclic) bond motifs is 1. The number of alkyl halides is 6. The highest BCUT2D eigenvalue weighted by atomic mass is 35.5. The molecule has 4 aromatic rings. The molecule has 0 saturated carbocycles. The Balaban J connectivity index is 1.78. The molecule has 43 heavy (non-hydrogen) atoms. The second-order valence-corrected chi connectivity index (χ2v) is 11.3. The number of ether oxygens (including phenoxy) is 1. The molecule has 0 fully saturated rings. The van der Waals surface area contributed by atoms with E-state index in [-0.39, 0.29) is 38.1 Å². The van der Waals surface area contributed by atoms with Gasteiger partial charge in [0.2, 0.25) is 0 Å². The van der Waals surface area contributed by atoms with Crippen molar-refractivity contribution >= 4 is 23.4 Å². The van der Waals surface area contributed by atoms with E-state index >= 15 is 4.39 Å². The molecule has 5 rings (SSSR count). The molecule has 0 bridgehead atoms. The molecular weight excluding hydrogens is 621 g/mol. The topological polar surface area (TPSA) is 57.2 Å². The third-order valence-corrected chi connectivity index (χ3v) is 8.83. The first-order valence-electron chi connectivity index (χ1n) is 12.8. The van der Waals surface area contributed by atoms with E-state index in [2.05, 4.69) is 4.74 Å². The number of rotatable bonds is 6. The average molecular weight is 643 g/mol. The smallest absolute Gasteiger partial charge is 0.406 e. The van der Waals surface area contributed by atoms with Gasteiger partial charge in [0, 0.05) is 28.3 Å². The van der Waals surface area contributed by atoms with Crippen molar-refractivity contribution < 1.29 is 35.5 Å². The monoisotopic (exact) mass is 642 g/mol. The maximum Gasteiger partial charge on any atom is 0.573 e. The summed E-state index contributed by atoms with van der Waals surface area (Å²) in [5.74, 6) is -1.49. The molecule has 1 aliphatic heterocycles. The van der Waals surface area contributed by atoms with Crippen molar-refractivity contribution in [2.75, 3.05) is 5.75 Å². The van der Waals surface area contributed by atoms with Gasteiger partial charge < -0.3 is 10.5 Å². The van der Waals surface area contributed by atoms with Crippen LogP contribution in [0.15, 0.2) is 76.6 Å². The largest absolute Gasteiger partial charge is 0.573 e. The van der Waals surface area contributed by atoms with Crippen LogP contribution in [0.2, 0.25) is 5.02 Å². The first-order valence-corrected chi connectivity index (χ1v) is 14.1. The fraction of sp³-hybridized carbons (Fsp3) is 0.233. The minimum atomic E-state index is -5.04. The van der Waals surface area contributed by atoms with Crippen LogP contribution in [0, 0.1) is 12.7 Å². The number of pyridine rings is 1. The van der Waals surface area contributed by atoms with Crippen LogP contribution >= 0.6 is 23.4 Å². The standard InChI is InChI=1S/C30H22ClF7N2O2S/c1-15-18(13-19-21(29(33,34)35)8-5-9-23(19)32)28-40(24(14-43-28)26(39)16-6-3-2-4-7-16)27(41)25(15)20-12-17(10-11-22(20)31)42-30(36,37)38/h2-12,24,26H,13-14,39H2,1H3. The number of aromatic nitrogens is 1. The van der Waals surface area contributed by atoms with Crippen LogP contribution in [0.5, 0.6) is 5.75 Å². The minimum absolute atomic E-state index is 0.0994. The summed E-state index contributed by atoms with van der Waals surface area (Å²) in [5.41, 5.74) is 4.84. The quantitative estimate of drug-likeness (QED) is 0.214. The summed E-state index contributed by atoms with van der Waals surface area (Å²) >= 11 is 7.58. The molecule has 0 spiro atoms. The van der Waals surface area contributed by atoms with Gasteiger partial charge in [0.1, 0.15) is 11.6 Å². The van der Waals surface area contributed by atoms with Crippen molar-refractivity contribution in [2.24, 2.45) is 5.73 Å². The van der Waals surface area contributed by atoms with Crippen LogP contribution in [0.25, 0.3) is 11.1 Å². The van der Waals surface area contributed by atoms with Gasteiger partial charge in [-0.1, -0.05) is 48.0 Å². The number of halogens is 8. The lowest BCUT2D eigenvalue weighted by Gasteiger charge is -2.25. The Bertz CT molecular complexity index is 1740. The summed E-state index contributed by atoms with van der Waals surface area (Å²) in [6.07, 6.45) is -10.5. The Labute approximate surface area is 250 Å². The van der Waals surface area contributed by atoms with Crippen LogP contribution < -0.4 is 16.0 Å². The molecule has 0 saturated heterocycles. The van der Waals surface area contributed by atoms with Gasteiger partial charge in [0.05, 0.1) is 28.2 Å². The fourth-order valence-electron chi connectivity index (χ4n) is 5.29. The van der Waals surface area contributed by atoms with Gasteiger partial charge in [0.25, 0.3) is 5.56 Å². The molecule has 2 atom stereocenters. The zero-order valence-corrected chi connectivity index (χ0v) is 23.8. The van der Waals surface area contributed by atoms with Crippen molar-refractivity contribution in [3.8, 4) is 16.9 Å². The van der Waals surface area contributed by atoms with E-state index in [0.29, 0.717) is 5.56 Å². The molecule has 13 heteroatoms. The molecular formula is C30H22ClF7N2O2S. The normalized spacial score (nSPS) is 15.8.